The van der Waals surface area contributed by atoms with Gasteiger partial charge in [0.1, 0.15) is 5.82 Å². The van der Waals surface area contributed by atoms with Crippen molar-refractivity contribution >= 4 is 34.9 Å². The number of piperidine rings is 1. The molecule has 3 aliphatic rings. The molecule has 2 saturated heterocycles. The number of amides is 2. The van der Waals surface area contributed by atoms with Crippen LogP contribution in [0.15, 0.2) is 12.3 Å². The van der Waals surface area contributed by atoms with E-state index in [-0.39, 0.29) is 29.4 Å². The first kappa shape index (κ1) is 20.4. The highest BCUT2D eigenvalue weighted by Gasteiger charge is 2.51. The summed E-state index contributed by atoms with van der Waals surface area (Å²) in [4.78, 5) is 33.4. The number of likely N-dealkylation sites (tertiary alicyclic amines) is 1. The van der Waals surface area contributed by atoms with Crippen LogP contribution in [0.4, 0.5) is 11.5 Å². The molecule has 4 rings (SSSR count). The van der Waals surface area contributed by atoms with Crippen LogP contribution in [0.1, 0.15) is 51.9 Å². The lowest BCUT2D eigenvalue weighted by atomic mass is 9.78. The molecule has 0 radical (unpaired) electrons. The van der Waals surface area contributed by atoms with Crippen molar-refractivity contribution < 1.29 is 14.7 Å². The molecule has 8 heteroatoms. The molecule has 1 aromatic heterocycles. The molecule has 2 aliphatic heterocycles. The topological polar surface area (TPSA) is 85.8 Å². The number of anilines is 2. The number of hydrogen-bond donors (Lipinski definition) is 2. The van der Waals surface area contributed by atoms with Crippen molar-refractivity contribution in [2.45, 2.75) is 64.0 Å². The number of nitrogens with one attached hydrogen (secondary N) is 1. The molecule has 1 aliphatic carbocycles. The average molecular weight is 421 g/mol. The standard InChI is InChI=1S/C21H29ClN4O3/c1-14(27)24-15-11-18(22)19(23-12-15)25-9-2-7-21(13-25)8-10-26(20(21)29)16-3-5-17(28)6-4-16/h11-12,16-17,28H,2-10,13H2,1H3,(H,24,27)/t16-,17-,21?. The molecule has 0 bridgehead atoms. The lowest BCUT2D eigenvalue weighted by Crippen LogP contribution is -2.50. The average Bonchev–Trinajstić information content (AvgIpc) is 2.98. The molecule has 2 amide bonds. The number of rotatable bonds is 3. The summed E-state index contributed by atoms with van der Waals surface area (Å²) in [7, 11) is 0. The Balaban J connectivity index is 1.48. The quantitative estimate of drug-likeness (QED) is 0.785. The summed E-state index contributed by atoms with van der Waals surface area (Å²) in [5, 5.41) is 13.0. The van der Waals surface area contributed by atoms with Crippen LogP contribution >= 0.6 is 11.6 Å². The zero-order chi connectivity index (χ0) is 20.6. The summed E-state index contributed by atoms with van der Waals surface area (Å²) >= 11 is 6.47. The fourth-order valence-corrected chi connectivity index (χ4v) is 5.48. The first-order valence-corrected chi connectivity index (χ1v) is 10.9. The van der Waals surface area contributed by atoms with Gasteiger partial charge in [0.15, 0.2) is 0 Å². The third-order valence-corrected chi connectivity index (χ3v) is 6.95. The zero-order valence-electron chi connectivity index (χ0n) is 16.9. The summed E-state index contributed by atoms with van der Waals surface area (Å²) in [5.74, 6) is 0.765. The van der Waals surface area contributed by atoms with E-state index in [2.05, 4.69) is 20.1 Å². The molecule has 1 aromatic rings. The number of carbonyl (C=O) groups excluding carboxylic acids is 2. The van der Waals surface area contributed by atoms with Crippen LogP contribution < -0.4 is 10.2 Å². The number of carbonyl (C=O) groups is 2. The lowest BCUT2D eigenvalue weighted by Gasteiger charge is -2.41. The van der Waals surface area contributed by atoms with Gasteiger partial charge in [-0.05, 0) is 51.0 Å². The minimum atomic E-state index is -0.365. The Morgan fingerprint density at radius 1 is 1.28 bits per heavy atom. The molecule has 2 N–H and O–H groups in total. The van der Waals surface area contributed by atoms with Crippen LogP contribution in [0.5, 0.6) is 0 Å². The van der Waals surface area contributed by atoms with Gasteiger partial charge in [0.2, 0.25) is 11.8 Å². The van der Waals surface area contributed by atoms with Crippen molar-refractivity contribution in [1.82, 2.24) is 9.88 Å². The molecule has 1 spiro atoms. The number of halogens is 1. The minimum absolute atomic E-state index is 0.167. The number of hydrogen-bond acceptors (Lipinski definition) is 5. The minimum Gasteiger partial charge on any atom is -0.393 e. The van der Waals surface area contributed by atoms with E-state index in [0.29, 0.717) is 23.1 Å². The number of pyridine rings is 1. The van der Waals surface area contributed by atoms with Crippen LogP contribution in [0.3, 0.4) is 0 Å². The van der Waals surface area contributed by atoms with Gasteiger partial charge < -0.3 is 20.2 Å². The molecule has 3 heterocycles. The predicted octanol–water partition coefficient (Wildman–Crippen LogP) is 2.82. The van der Waals surface area contributed by atoms with E-state index in [9.17, 15) is 14.7 Å². The highest BCUT2D eigenvalue weighted by molar-refractivity contribution is 6.33. The number of aliphatic hydroxyl groups is 1. The van der Waals surface area contributed by atoms with Crippen molar-refractivity contribution in [2.24, 2.45) is 5.41 Å². The monoisotopic (exact) mass is 420 g/mol. The number of aliphatic hydroxyl groups excluding tert-OH is 1. The highest BCUT2D eigenvalue weighted by atomic mass is 35.5. The maximum Gasteiger partial charge on any atom is 0.230 e. The van der Waals surface area contributed by atoms with Crippen LogP contribution in [0.2, 0.25) is 5.02 Å². The van der Waals surface area contributed by atoms with E-state index in [0.717, 1.165) is 58.0 Å². The molecule has 158 valence electrons. The largest absolute Gasteiger partial charge is 0.393 e. The van der Waals surface area contributed by atoms with Gasteiger partial charge >= 0.3 is 0 Å². The van der Waals surface area contributed by atoms with Gasteiger partial charge in [-0.2, -0.15) is 0 Å². The molecule has 29 heavy (non-hydrogen) atoms. The lowest BCUT2D eigenvalue weighted by molar-refractivity contribution is -0.139. The first-order valence-electron chi connectivity index (χ1n) is 10.6. The summed E-state index contributed by atoms with van der Waals surface area (Å²) in [6.45, 7) is 3.69. The van der Waals surface area contributed by atoms with Crippen molar-refractivity contribution in [2.75, 3.05) is 29.9 Å². The molecule has 7 nitrogen and oxygen atoms in total. The first-order chi connectivity index (χ1) is 13.9. The zero-order valence-corrected chi connectivity index (χ0v) is 17.6. The van der Waals surface area contributed by atoms with E-state index in [4.69, 9.17) is 11.6 Å². The second-order valence-electron chi connectivity index (χ2n) is 8.73. The van der Waals surface area contributed by atoms with Crippen LogP contribution in [-0.2, 0) is 9.59 Å². The fourth-order valence-electron chi connectivity index (χ4n) is 5.19. The molecule has 1 unspecified atom stereocenters. The fraction of sp³-hybridized carbons (Fsp3) is 0.667. The Hall–Kier alpha value is -1.86. The third kappa shape index (κ3) is 4.08. The van der Waals surface area contributed by atoms with Crippen molar-refractivity contribution in [3.63, 3.8) is 0 Å². The Kier molecular flexibility index (Phi) is 5.71. The van der Waals surface area contributed by atoms with Crippen molar-refractivity contribution in [1.29, 1.82) is 0 Å². The van der Waals surface area contributed by atoms with Gasteiger partial charge in [0.25, 0.3) is 0 Å². The predicted molar refractivity (Wildman–Crippen MR) is 112 cm³/mol. The smallest absolute Gasteiger partial charge is 0.230 e. The number of aromatic nitrogens is 1. The second-order valence-corrected chi connectivity index (χ2v) is 9.13. The molecule has 0 aromatic carbocycles. The highest BCUT2D eigenvalue weighted by Crippen LogP contribution is 2.44. The maximum atomic E-state index is 13.4. The van der Waals surface area contributed by atoms with Gasteiger partial charge in [-0.15, -0.1) is 0 Å². The third-order valence-electron chi connectivity index (χ3n) is 6.67. The molecule has 1 atom stereocenters. The molecule has 3 fully saturated rings. The SMILES string of the molecule is CC(=O)Nc1cnc(N2CCCC3(CCN([C@H]4CC[C@H](O)CC4)C3=O)C2)c(Cl)c1. The summed E-state index contributed by atoms with van der Waals surface area (Å²) in [6, 6.07) is 1.97. The molecular weight excluding hydrogens is 392 g/mol. The Morgan fingerprint density at radius 3 is 2.72 bits per heavy atom. The maximum absolute atomic E-state index is 13.4. The Labute approximate surface area is 176 Å². The van der Waals surface area contributed by atoms with Gasteiger partial charge in [-0.25, -0.2) is 4.98 Å². The van der Waals surface area contributed by atoms with Crippen LogP contribution in [0, 0.1) is 5.41 Å². The Morgan fingerprint density at radius 2 is 2.03 bits per heavy atom. The number of nitrogens with zero attached hydrogens (tertiary/aromatic N) is 3. The summed E-state index contributed by atoms with van der Waals surface area (Å²) in [6.07, 6.45) is 7.45. The van der Waals surface area contributed by atoms with Crippen molar-refractivity contribution in [3.8, 4) is 0 Å². The molecular formula is C21H29ClN4O3. The normalized spacial score (nSPS) is 30.1. The summed E-state index contributed by atoms with van der Waals surface area (Å²) < 4.78 is 0. The summed E-state index contributed by atoms with van der Waals surface area (Å²) in [5.41, 5.74) is 0.205. The van der Waals surface area contributed by atoms with Crippen molar-refractivity contribution in [3.05, 3.63) is 17.3 Å². The van der Waals surface area contributed by atoms with Gasteiger partial charge in [-0.3, -0.25) is 9.59 Å². The van der Waals surface area contributed by atoms with Gasteiger partial charge in [0, 0.05) is 32.6 Å². The molecule has 1 saturated carbocycles. The Bertz CT molecular complexity index is 796. The van der Waals surface area contributed by atoms with Gasteiger partial charge in [0.05, 0.1) is 28.4 Å². The second kappa shape index (κ2) is 8.11. The van der Waals surface area contributed by atoms with E-state index in [1.54, 1.807) is 12.3 Å². The van der Waals surface area contributed by atoms with E-state index in [1.807, 2.05) is 0 Å². The van der Waals surface area contributed by atoms with Gasteiger partial charge in [-0.1, -0.05) is 11.6 Å². The van der Waals surface area contributed by atoms with Crippen LogP contribution in [-0.4, -0.2) is 58.6 Å². The van der Waals surface area contributed by atoms with E-state index >= 15 is 0 Å². The van der Waals surface area contributed by atoms with E-state index in [1.165, 1.54) is 6.92 Å². The van der Waals surface area contributed by atoms with E-state index < -0.39 is 0 Å². The van der Waals surface area contributed by atoms with Crippen LogP contribution in [0.25, 0.3) is 0 Å².